The summed E-state index contributed by atoms with van der Waals surface area (Å²) in [5.74, 6) is 0.796. The summed E-state index contributed by atoms with van der Waals surface area (Å²) in [5, 5.41) is 7.31. The molecule has 3 aromatic rings. The van der Waals surface area contributed by atoms with Crippen LogP contribution in [0.3, 0.4) is 0 Å². The summed E-state index contributed by atoms with van der Waals surface area (Å²) < 4.78 is 1.53. The molecular weight excluding hydrogens is 276 g/mol. The molecule has 0 fully saturated rings. The number of nitrogens with zero attached hydrogens (tertiary/aromatic N) is 5. The molecule has 0 aliphatic rings. The molecule has 0 unspecified atom stereocenters. The van der Waals surface area contributed by atoms with Crippen molar-refractivity contribution in [3.63, 3.8) is 0 Å². The predicted molar refractivity (Wildman–Crippen MR) is 75.7 cm³/mol. The molecule has 0 radical (unpaired) electrons. The summed E-state index contributed by atoms with van der Waals surface area (Å²) in [7, 11) is 0. The molecule has 1 N–H and O–H groups in total. The van der Waals surface area contributed by atoms with Crippen LogP contribution in [0.25, 0.3) is 5.95 Å². The second-order valence-electron chi connectivity index (χ2n) is 4.02. The third-order valence-electron chi connectivity index (χ3n) is 2.60. The second-order valence-corrected chi connectivity index (χ2v) is 4.36. The van der Waals surface area contributed by atoms with Gasteiger partial charge in [-0.15, -0.1) is 0 Å². The van der Waals surface area contributed by atoms with Crippen molar-refractivity contribution < 1.29 is 0 Å². The van der Waals surface area contributed by atoms with E-state index in [0.717, 1.165) is 5.56 Å². The molecule has 2 aromatic heterocycles. The van der Waals surface area contributed by atoms with Gasteiger partial charge in [0.25, 0.3) is 5.95 Å². The molecule has 100 valence electrons. The maximum absolute atomic E-state index is 5.91. The van der Waals surface area contributed by atoms with Gasteiger partial charge in [-0.25, -0.2) is 4.68 Å². The molecular formula is C13H11ClN6. The molecule has 2 heterocycles. The first-order chi connectivity index (χ1) is 9.81. The average molecular weight is 287 g/mol. The fourth-order valence-corrected chi connectivity index (χ4v) is 1.84. The van der Waals surface area contributed by atoms with Crippen molar-refractivity contribution >= 4 is 17.5 Å². The number of benzene rings is 1. The Hall–Kier alpha value is -2.47. The summed E-state index contributed by atoms with van der Waals surface area (Å²) in [6.07, 6.45) is 3.39. The van der Waals surface area contributed by atoms with E-state index in [1.807, 2.05) is 30.3 Å². The van der Waals surface area contributed by atoms with Gasteiger partial charge >= 0.3 is 0 Å². The number of hydrogen-bond acceptors (Lipinski definition) is 5. The van der Waals surface area contributed by atoms with Gasteiger partial charge in [-0.05, 0) is 23.2 Å². The summed E-state index contributed by atoms with van der Waals surface area (Å²) in [6, 6.07) is 11.8. The Bertz CT molecular complexity index is 683. The highest BCUT2D eigenvalue weighted by atomic mass is 35.5. The van der Waals surface area contributed by atoms with Crippen LogP contribution in [0.4, 0.5) is 5.95 Å². The average Bonchev–Trinajstić information content (AvgIpc) is 3.00. The molecule has 0 atom stereocenters. The van der Waals surface area contributed by atoms with Gasteiger partial charge in [0.15, 0.2) is 0 Å². The normalized spacial score (nSPS) is 10.4. The van der Waals surface area contributed by atoms with Crippen molar-refractivity contribution in [3.05, 3.63) is 59.6 Å². The van der Waals surface area contributed by atoms with E-state index in [-0.39, 0.29) is 5.28 Å². The number of anilines is 1. The predicted octanol–water partition coefficient (Wildman–Crippen LogP) is 2.32. The maximum Gasteiger partial charge on any atom is 0.256 e. The van der Waals surface area contributed by atoms with Gasteiger partial charge in [-0.1, -0.05) is 30.3 Å². The molecule has 0 bridgehead atoms. The van der Waals surface area contributed by atoms with Crippen molar-refractivity contribution in [2.24, 2.45) is 0 Å². The van der Waals surface area contributed by atoms with E-state index >= 15 is 0 Å². The number of halogens is 1. The molecule has 0 amide bonds. The minimum absolute atomic E-state index is 0.126. The van der Waals surface area contributed by atoms with Gasteiger partial charge in [0, 0.05) is 18.9 Å². The minimum Gasteiger partial charge on any atom is -0.350 e. The van der Waals surface area contributed by atoms with E-state index in [0.29, 0.717) is 18.4 Å². The third-order valence-corrected chi connectivity index (χ3v) is 2.77. The lowest BCUT2D eigenvalue weighted by molar-refractivity contribution is 0.795. The van der Waals surface area contributed by atoms with Crippen LogP contribution in [-0.4, -0.2) is 24.7 Å². The summed E-state index contributed by atoms with van der Waals surface area (Å²) in [6.45, 7) is 0.611. The van der Waals surface area contributed by atoms with Crippen LogP contribution in [0.5, 0.6) is 0 Å². The van der Waals surface area contributed by atoms with Crippen LogP contribution in [-0.2, 0) is 6.54 Å². The largest absolute Gasteiger partial charge is 0.350 e. The van der Waals surface area contributed by atoms with Gasteiger partial charge in [-0.2, -0.15) is 20.1 Å². The molecule has 3 rings (SSSR count). The van der Waals surface area contributed by atoms with Gasteiger partial charge in [0.05, 0.1) is 0 Å². The zero-order chi connectivity index (χ0) is 13.8. The Kier molecular flexibility index (Phi) is 3.56. The monoisotopic (exact) mass is 286 g/mol. The highest BCUT2D eigenvalue weighted by Crippen LogP contribution is 2.10. The Labute approximate surface area is 120 Å². The minimum atomic E-state index is 0.126. The van der Waals surface area contributed by atoms with Gasteiger partial charge < -0.3 is 5.32 Å². The fraction of sp³-hybridized carbons (Fsp3) is 0.0769. The van der Waals surface area contributed by atoms with Crippen LogP contribution >= 0.6 is 11.6 Å². The smallest absolute Gasteiger partial charge is 0.256 e. The van der Waals surface area contributed by atoms with E-state index in [4.69, 9.17) is 11.6 Å². The number of nitrogens with one attached hydrogen (secondary N) is 1. The SMILES string of the molecule is Clc1nc(NCc2ccccc2)nc(-n2cccn2)n1. The standard InChI is InChI=1S/C13H11ClN6/c14-11-17-12(15-9-10-5-2-1-3-6-10)19-13(18-11)20-8-4-7-16-20/h1-8H,9H2,(H,15,17,18,19). The summed E-state index contributed by atoms with van der Waals surface area (Å²) in [4.78, 5) is 12.4. The molecule has 0 aliphatic heterocycles. The van der Waals surface area contributed by atoms with Crippen LogP contribution in [0.15, 0.2) is 48.8 Å². The van der Waals surface area contributed by atoms with Crippen molar-refractivity contribution in [2.75, 3.05) is 5.32 Å². The Morgan fingerprint density at radius 1 is 1.05 bits per heavy atom. The van der Waals surface area contributed by atoms with Crippen LogP contribution in [0, 0.1) is 0 Å². The number of hydrogen-bond donors (Lipinski definition) is 1. The number of rotatable bonds is 4. The molecule has 20 heavy (non-hydrogen) atoms. The first-order valence-electron chi connectivity index (χ1n) is 6.01. The van der Waals surface area contributed by atoms with Crippen molar-refractivity contribution in [1.29, 1.82) is 0 Å². The van der Waals surface area contributed by atoms with Gasteiger partial charge in [0.1, 0.15) is 0 Å². The second kappa shape index (κ2) is 5.66. The Morgan fingerprint density at radius 2 is 1.90 bits per heavy atom. The molecule has 0 aliphatic carbocycles. The molecule has 1 aromatic carbocycles. The van der Waals surface area contributed by atoms with Gasteiger partial charge in [-0.3, -0.25) is 0 Å². The summed E-state index contributed by atoms with van der Waals surface area (Å²) in [5.41, 5.74) is 1.13. The quantitative estimate of drug-likeness (QED) is 0.797. The maximum atomic E-state index is 5.91. The molecule has 0 spiro atoms. The topological polar surface area (TPSA) is 68.5 Å². The third kappa shape index (κ3) is 2.92. The number of aromatic nitrogens is 5. The van der Waals surface area contributed by atoms with E-state index < -0.39 is 0 Å². The van der Waals surface area contributed by atoms with E-state index in [1.54, 1.807) is 18.5 Å². The fourth-order valence-electron chi connectivity index (χ4n) is 1.69. The molecule has 7 heteroatoms. The first-order valence-corrected chi connectivity index (χ1v) is 6.38. The summed E-state index contributed by atoms with van der Waals surface area (Å²) >= 11 is 5.91. The van der Waals surface area contributed by atoms with E-state index in [2.05, 4.69) is 25.4 Å². The van der Waals surface area contributed by atoms with Gasteiger partial charge in [0.2, 0.25) is 11.2 Å². The molecule has 0 saturated carbocycles. The molecule has 0 saturated heterocycles. The lowest BCUT2D eigenvalue weighted by Gasteiger charge is -2.06. The first kappa shape index (κ1) is 12.6. The highest BCUT2D eigenvalue weighted by molar-refractivity contribution is 6.28. The van der Waals surface area contributed by atoms with E-state index in [1.165, 1.54) is 4.68 Å². The van der Waals surface area contributed by atoms with Crippen LogP contribution in [0.2, 0.25) is 5.28 Å². The zero-order valence-electron chi connectivity index (χ0n) is 10.4. The van der Waals surface area contributed by atoms with Crippen LogP contribution in [0.1, 0.15) is 5.56 Å². The van der Waals surface area contributed by atoms with Crippen molar-refractivity contribution in [2.45, 2.75) is 6.54 Å². The lowest BCUT2D eigenvalue weighted by Crippen LogP contribution is -2.09. The lowest BCUT2D eigenvalue weighted by atomic mass is 10.2. The highest BCUT2D eigenvalue weighted by Gasteiger charge is 2.06. The Balaban J connectivity index is 1.80. The van der Waals surface area contributed by atoms with Crippen molar-refractivity contribution in [3.8, 4) is 5.95 Å². The zero-order valence-corrected chi connectivity index (χ0v) is 11.2. The molecule has 6 nitrogen and oxygen atoms in total. The van der Waals surface area contributed by atoms with Crippen molar-refractivity contribution in [1.82, 2.24) is 24.7 Å². The van der Waals surface area contributed by atoms with E-state index in [9.17, 15) is 0 Å². The van der Waals surface area contributed by atoms with Crippen LogP contribution < -0.4 is 5.32 Å². The Morgan fingerprint density at radius 3 is 2.65 bits per heavy atom.